The number of carbonyl (C=O) groups is 1. The topological polar surface area (TPSA) is 74.0 Å². The van der Waals surface area contributed by atoms with E-state index in [0.29, 0.717) is 10.6 Å². The number of nitriles is 1. The van der Waals surface area contributed by atoms with Crippen molar-refractivity contribution in [1.29, 1.82) is 5.26 Å². The lowest BCUT2D eigenvalue weighted by Gasteiger charge is -1.96. The Hall–Kier alpha value is -1.67. The van der Waals surface area contributed by atoms with Gasteiger partial charge in [-0.15, -0.1) is 11.3 Å². The van der Waals surface area contributed by atoms with Gasteiger partial charge in [0.05, 0.1) is 0 Å². The van der Waals surface area contributed by atoms with Crippen molar-refractivity contribution in [2.45, 2.75) is 13.8 Å². The summed E-state index contributed by atoms with van der Waals surface area (Å²) in [5.74, 6) is -1.21. The van der Waals surface area contributed by atoms with E-state index in [2.05, 4.69) is 4.98 Å². The van der Waals surface area contributed by atoms with Gasteiger partial charge in [0.25, 0.3) is 0 Å². The third-order valence-electron chi connectivity index (χ3n) is 1.64. The number of nitrogens with zero attached hydrogens (tertiary/aromatic N) is 2. The number of carboxylic acids is 1. The summed E-state index contributed by atoms with van der Waals surface area (Å²) < 4.78 is 0. The Morgan fingerprint density at radius 3 is 2.71 bits per heavy atom. The summed E-state index contributed by atoms with van der Waals surface area (Å²) in [6, 6.07) is 1.66. The minimum Gasteiger partial charge on any atom is -0.477 e. The lowest BCUT2D eigenvalue weighted by atomic mass is 10.1. The minimum atomic E-state index is -1.21. The molecule has 0 spiro atoms. The summed E-state index contributed by atoms with van der Waals surface area (Å²) >= 11 is 1.34. The molecule has 0 aliphatic heterocycles. The lowest BCUT2D eigenvalue weighted by molar-refractivity contribution is -0.132. The van der Waals surface area contributed by atoms with E-state index in [0.717, 1.165) is 5.69 Å². The maximum atomic E-state index is 10.6. The fraction of sp³-hybridized carbons (Fsp3) is 0.222. The molecule has 0 saturated carbocycles. The van der Waals surface area contributed by atoms with Gasteiger partial charge in [0.15, 0.2) is 0 Å². The van der Waals surface area contributed by atoms with Crippen LogP contribution in [0.25, 0.3) is 5.57 Å². The third-order valence-corrected chi connectivity index (χ3v) is 2.72. The highest BCUT2D eigenvalue weighted by molar-refractivity contribution is 7.10. The van der Waals surface area contributed by atoms with Gasteiger partial charge >= 0.3 is 5.97 Å². The predicted molar refractivity (Wildman–Crippen MR) is 52.7 cm³/mol. The Bertz CT molecular complexity index is 440. The zero-order chi connectivity index (χ0) is 10.7. The fourth-order valence-electron chi connectivity index (χ4n) is 0.925. The second-order valence-electron chi connectivity index (χ2n) is 2.71. The van der Waals surface area contributed by atoms with E-state index in [1.807, 2.05) is 12.3 Å². The zero-order valence-corrected chi connectivity index (χ0v) is 8.55. The van der Waals surface area contributed by atoms with Gasteiger partial charge in [-0.05, 0) is 13.8 Å². The van der Waals surface area contributed by atoms with E-state index < -0.39 is 5.97 Å². The van der Waals surface area contributed by atoms with E-state index in [4.69, 9.17) is 10.4 Å². The summed E-state index contributed by atoms with van der Waals surface area (Å²) in [7, 11) is 0. The van der Waals surface area contributed by atoms with Gasteiger partial charge in [-0.1, -0.05) is 0 Å². The standard InChI is InChI=1S/C9H8N2O2S/c1-5-4-14-8(11-5)6(2)7(3-10)9(12)13/h4H,1-2H3,(H,12,13)/b7-6-. The fourth-order valence-corrected chi connectivity index (χ4v) is 1.74. The molecular formula is C9H8N2O2S. The molecule has 1 heterocycles. The Balaban J connectivity index is 3.22. The van der Waals surface area contributed by atoms with Gasteiger partial charge in [0.2, 0.25) is 0 Å². The molecule has 4 nitrogen and oxygen atoms in total. The van der Waals surface area contributed by atoms with Crippen LogP contribution in [0.5, 0.6) is 0 Å². The molecule has 0 radical (unpaired) electrons. The van der Waals surface area contributed by atoms with Crippen LogP contribution < -0.4 is 0 Å². The average molecular weight is 208 g/mol. The SMILES string of the molecule is C/C(=C(\C#N)C(=O)O)c1nc(C)cs1. The van der Waals surface area contributed by atoms with E-state index in [9.17, 15) is 4.79 Å². The summed E-state index contributed by atoms with van der Waals surface area (Å²) in [6.07, 6.45) is 0. The van der Waals surface area contributed by atoms with Crippen LogP contribution in [0.4, 0.5) is 0 Å². The van der Waals surface area contributed by atoms with Crippen LogP contribution in [0, 0.1) is 18.3 Å². The van der Waals surface area contributed by atoms with Crippen molar-refractivity contribution >= 4 is 22.9 Å². The molecule has 0 bridgehead atoms. The molecule has 0 aliphatic carbocycles. The van der Waals surface area contributed by atoms with E-state index in [1.54, 1.807) is 13.0 Å². The Morgan fingerprint density at radius 1 is 1.71 bits per heavy atom. The quantitative estimate of drug-likeness (QED) is 0.594. The van der Waals surface area contributed by atoms with Crippen molar-refractivity contribution in [2.24, 2.45) is 0 Å². The van der Waals surface area contributed by atoms with Crippen LogP contribution in [-0.2, 0) is 4.79 Å². The van der Waals surface area contributed by atoms with Crippen molar-refractivity contribution in [2.75, 3.05) is 0 Å². The largest absolute Gasteiger partial charge is 0.477 e. The van der Waals surface area contributed by atoms with Crippen LogP contribution in [0.2, 0.25) is 0 Å². The predicted octanol–water partition coefficient (Wildman–Crippen LogP) is 1.83. The van der Waals surface area contributed by atoms with Gasteiger partial charge in [-0.3, -0.25) is 0 Å². The van der Waals surface area contributed by atoms with Crippen molar-refractivity contribution < 1.29 is 9.90 Å². The molecule has 0 atom stereocenters. The maximum absolute atomic E-state index is 10.6. The zero-order valence-electron chi connectivity index (χ0n) is 7.74. The van der Waals surface area contributed by atoms with Gasteiger partial charge in [0, 0.05) is 16.6 Å². The maximum Gasteiger partial charge on any atom is 0.346 e. The summed E-state index contributed by atoms with van der Waals surface area (Å²) in [4.78, 5) is 14.8. The highest BCUT2D eigenvalue weighted by Gasteiger charge is 2.13. The second kappa shape index (κ2) is 4.03. The van der Waals surface area contributed by atoms with Crippen molar-refractivity contribution in [3.05, 3.63) is 21.7 Å². The summed E-state index contributed by atoms with van der Waals surface area (Å²) in [5, 5.41) is 19.7. The van der Waals surface area contributed by atoms with Gasteiger partial charge < -0.3 is 5.11 Å². The first-order chi connectivity index (χ1) is 6.56. The molecule has 0 saturated heterocycles. The first-order valence-corrected chi connectivity index (χ1v) is 4.71. The number of thiazole rings is 1. The van der Waals surface area contributed by atoms with Crippen molar-refractivity contribution in [3.63, 3.8) is 0 Å². The normalized spacial score (nSPS) is 11.8. The number of aliphatic carboxylic acids is 1. The molecule has 1 aromatic heterocycles. The number of hydrogen-bond acceptors (Lipinski definition) is 4. The van der Waals surface area contributed by atoms with Gasteiger partial charge in [-0.2, -0.15) is 5.26 Å². The van der Waals surface area contributed by atoms with E-state index in [1.165, 1.54) is 11.3 Å². The van der Waals surface area contributed by atoms with Crippen LogP contribution >= 0.6 is 11.3 Å². The molecule has 14 heavy (non-hydrogen) atoms. The van der Waals surface area contributed by atoms with Crippen LogP contribution in [-0.4, -0.2) is 16.1 Å². The molecule has 1 aromatic rings. The molecule has 0 aliphatic rings. The number of rotatable bonds is 2. The molecule has 0 unspecified atom stereocenters. The number of allylic oxidation sites excluding steroid dienone is 1. The monoisotopic (exact) mass is 208 g/mol. The van der Waals surface area contributed by atoms with E-state index in [-0.39, 0.29) is 5.57 Å². The smallest absolute Gasteiger partial charge is 0.346 e. The highest BCUT2D eigenvalue weighted by atomic mass is 32.1. The molecule has 5 heteroatoms. The molecule has 0 aromatic carbocycles. The summed E-state index contributed by atoms with van der Waals surface area (Å²) in [6.45, 7) is 3.41. The Labute approximate surface area is 85.1 Å². The highest BCUT2D eigenvalue weighted by Crippen LogP contribution is 2.21. The Morgan fingerprint density at radius 2 is 2.36 bits per heavy atom. The number of aromatic nitrogens is 1. The number of aryl methyl sites for hydroxylation is 1. The van der Waals surface area contributed by atoms with Crippen molar-refractivity contribution in [1.82, 2.24) is 4.98 Å². The van der Waals surface area contributed by atoms with Crippen LogP contribution in [0.15, 0.2) is 11.0 Å². The van der Waals surface area contributed by atoms with E-state index >= 15 is 0 Å². The molecule has 1 N–H and O–H groups in total. The Kier molecular flexibility index (Phi) is 2.99. The number of hydrogen-bond donors (Lipinski definition) is 1. The molecular weight excluding hydrogens is 200 g/mol. The lowest BCUT2D eigenvalue weighted by Crippen LogP contribution is -2.00. The van der Waals surface area contributed by atoms with Crippen LogP contribution in [0.3, 0.4) is 0 Å². The van der Waals surface area contributed by atoms with Gasteiger partial charge in [0.1, 0.15) is 16.6 Å². The van der Waals surface area contributed by atoms with Crippen molar-refractivity contribution in [3.8, 4) is 6.07 Å². The average Bonchev–Trinajstić information content (AvgIpc) is 2.52. The molecule has 72 valence electrons. The third kappa shape index (κ3) is 1.98. The minimum absolute atomic E-state index is 0.251. The van der Waals surface area contributed by atoms with Crippen LogP contribution in [0.1, 0.15) is 17.6 Å². The molecule has 0 fully saturated rings. The summed E-state index contributed by atoms with van der Waals surface area (Å²) in [5.41, 5.74) is 0.990. The second-order valence-corrected chi connectivity index (χ2v) is 3.57. The molecule has 0 amide bonds. The number of carboxylic acid groups (broad SMARTS) is 1. The molecule has 1 rings (SSSR count). The first-order valence-electron chi connectivity index (χ1n) is 3.83. The van der Waals surface area contributed by atoms with Gasteiger partial charge in [-0.25, -0.2) is 9.78 Å². The first kappa shape index (κ1) is 10.4.